The van der Waals surface area contributed by atoms with Gasteiger partial charge in [-0.3, -0.25) is 9.79 Å². The molecule has 1 N–H and O–H groups in total. The number of benzene rings is 3. The van der Waals surface area contributed by atoms with E-state index >= 15 is 0 Å². The highest BCUT2D eigenvalue weighted by Crippen LogP contribution is 2.30. The first-order chi connectivity index (χ1) is 11.7. The highest BCUT2D eigenvalue weighted by molar-refractivity contribution is 6.17. The van der Waals surface area contributed by atoms with E-state index in [9.17, 15) is 4.79 Å². The van der Waals surface area contributed by atoms with Crippen molar-refractivity contribution in [1.82, 2.24) is 0 Å². The third kappa shape index (κ3) is 2.58. The fraction of sp³-hybridized carbons (Fsp3) is 0.143. The third-order valence-electron chi connectivity index (χ3n) is 4.49. The van der Waals surface area contributed by atoms with Crippen LogP contribution in [0.4, 0.5) is 5.69 Å². The predicted octanol–water partition coefficient (Wildman–Crippen LogP) is 4.21. The van der Waals surface area contributed by atoms with E-state index in [-0.39, 0.29) is 5.91 Å². The number of nitrogens with zero attached hydrogens (tertiary/aromatic N) is 1. The van der Waals surface area contributed by atoms with E-state index in [0.717, 1.165) is 33.3 Å². The summed E-state index contributed by atoms with van der Waals surface area (Å²) in [5.74, 6) is -0.0479. The van der Waals surface area contributed by atoms with Crippen LogP contribution in [0.25, 0.3) is 10.8 Å². The number of carbonyl (C=O) groups excluding carboxylic acids is 1. The second-order valence-electron chi connectivity index (χ2n) is 6.12. The Morgan fingerprint density at radius 2 is 1.71 bits per heavy atom. The average Bonchev–Trinajstić information content (AvgIpc) is 2.73. The molecule has 0 radical (unpaired) electrons. The van der Waals surface area contributed by atoms with E-state index in [4.69, 9.17) is 4.99 Å². The third-order valence-corrected chi connectivity index (χ3v) is 4.49. The largest absolute Gasteiger partial charge is 0.323 e. The molecule has 3 heteroatoms. The van der Waals surface area contributed by atoms with Crippen LogP contribution in [-0.2, 0) is 11.2 Å². The van der Waals surface area contributed by atoms with Crippen LogP contribution in [0, 0.1) is 0 Å². The molecule has 0 fully saturated rings. The van der Waals surface area contributed by atoms with E-state index in [1.165, 1.54) is 0 Å². The fourth-order valence-electron chi connectivity index (χ4n) is 3.25. The molecule has 0 bridgehead atoms. The number of rotatable bonds is 2. The number of fused-ring (bicyclic) bond motifs is 3. The molecule has 3 nitrogen and oxygen atoms in total. The van der Waals surface area contributed by atoms with Gasteiger partial charge in [0.25, 0.3) is 0 Å². The first-order valence-corrected chi connectivity index (χ1v) is 8.14. The molecule has 0 saturated carbocycles. The number of amides is 1. The normalized spacial score (nSPS) is 17.0. The van der Waals surface area contributed by atoms with Crippen LogP contribution in [0.5, 0.6) is 0 Å². The van der Waals surface area contributed by atoms with Gasteiger partial charge in [-0.05, 0) is 17.9 Å². The second-order valence-corrected chi connectivity index (χ2v) is 6.12. The summed E-state index contributed by atoms with van der Waals surface area (Å²) in [6.45, 7) is 1.98. The Kier molecular flexibility index (Phi) is 3.62. The molecule has 1 aliphatic rings. The molecule has 1 unspecified atom stereocenters. The number of anilines is 1. The van der Waals surface area contributed by atoms with Gasteiger partial charge in [-0.15, -0.1) is 0 Å². The Hall–Kier alpha value is -2.94. The topological polar surface area (TPSA) is 41.5 Å². The molecular weight excluding hydrogens is 296 g/mol. The minimum atomic E-state index is -0.404. The van der Waals surface area contributed by atoms with Gasteiger partial charge in [0.15, 0.2) is 0 Å². The summed E-state index contributed by atoms with van der Waals surface area (Å²) >= 11 is 0. The van der Waals surface area contributed by atoms with Crippen molar-refractivity contribution in [2.45, 2.75) is 19.4 Å². The van der Waals surface area contributed by atoms with Crippen molar-refractivity contribution in [3.63, 3.8) is 0 Å². The average molecular weight is 314 g/mol. The zero-order valence-corrected chi connectivity index (χ0v) is 13.5. The first kappa shape index (κ1) is 14.6. The Balaban J connectivity index is 1.76. The molecule has 3 aromatic carbocycles. The molecule has 24 heavy (non-hydrogen) atoms. The number of carbonyl (C=O) groups is 1. The number of hydrogen-bond acceptors (Lipinski definition) is 2. The summed E-state index contributed by atoms with van der Waals surface area (Å²) in [5, 5.41) is 5.28. The lowest BCUT2D eigenvalue weighted by Crippen LogP contribution is -2.27. The molecule has 1 aliphatic heterocycles. The maximum absolute atomic E-state index is 12.8. The van der Waals surface area contributed by atoms with Gasteiger partial charge in [0.2, 0.25) is 5.91 Å². The quantitative estimate of drug-likeness (QED) is 0.756. The number of hydrogen-bond donors (Lipinski definition) is 1. The van der Waals surface area contributed by atoms with E-state index in [0.29, 0.717) is 6.42 Å². The SMILES string of the molecule is CC1=NC(Cc2ccccc2)C(=O)Nc2c1ccc1ccccc21. The first-order valence-electron chi connectivity index (χ1n) is 8.14. The van der Waals surface area contributed by atoms with Gasteiger partial charge in [-0.1, -0.05) is 66.7 Å². The van der Waals surface area contributed by atoms with Crippen LogP contribution in [-0.4, -0.2) is 17.7 Å². The van der Waals surface area contributed by atoms with Crippen molar-refractivity contribution in [3.8, 4) is 0 Å². The molecular formula is C21H18N2O. The van der Waals surface area contributed by atoms with Gasteiger partial charge < -0.3 is 5.32 Å². The lowest BCUT2D eigenvalue weighted by atomic mass is 10.0. The minimum Gasteiger partial charge on any atom is -0.323 e. The van der Waals surface area contributed by atoms with Gasteiger partial charge in [-0.2, -0.15) is 0 Å². The Morgan fingerprint density at radius 1 is 0.958 bits per heavy atom. The molecule has 118 valence electrons. The van der Waals surface area contributed by atoms with Gasteiger partial charge in [0, 0.05) is 23.1 Å². The second kappa shape index (κ2) is 5.93. The van der Waals surface area contributed by atoms with Crippen LogP contribution in [0.2, 0.25) is 0 Å². The molecule has 0 saturated heterocycles. The van der Waals surface area contributed by atoms with Crippen molar-refractivity contribution in [2.24, 2.45) is 4.99 Å². The maximum atomic E-state index is 12.8. The van der Waals surface area contributed by atoms with E-state index in [1.807, 2.05) is 61.5 Å². The zero-order chi connectivity index (χ0) is 16.5. The van der Waals surface area contributed by atoms with E-state index in [1.54, 1.807) is 0 Å². The van der Waals surface area contributed by atoms with Crippen molar-refractivity contribution < 1.29 is 4.79 Å². The molecule has 0 aliphatic carbocycles. The maximum Gasteiger partial charge on any atom is 0.249 e. The van der Waals surface area contributed by atoms with Crippen LogP contribution in [0.1, 0.15) is 18.1 Å². The zero-order valence-electron chi connectivity index (χ0n) is 13.5. The molecule has 1 atom stereocenters. The summed E-state index contributed by atoms with van der Waals surface area (Å²) < 4.78 is 0. The van der Waals surface area contributed by atoms with Gasteiger partial charge in [0.1, 0.15) is 6.04 Å². The minimum absolute atomic E-state index is 0.0479. The standard InChI is InChI=1S/C21H18N2O/c1-14-17-12-11-16-9-5-6-10-18(16)20(17)23-21(24)19(22-14)13-15-7-3-2-4-8-15/h2-12,19H,13H2,1H3,(H,23,24). The van der Waals surface area contributed by atoms with Crippen LogP contribution in [0.3, 0.4) is 0 Å². The van der Waals surface area contributed by atoms with Gasteiger partial charge in [0.05, 0.1) is 5.69 Å². The summed E-state index contributed by atoms with van der Waals surface area (Å²) in [6, 6.07) is 21.8. The summed E-state index contributed by atoms with van der Waals surface area (Å²) in [7, 11) is 0. The highest BCUT2D eigenvalue weighted by Gasteiger charge is 2.24. The molecule has 1 heterocycles. The molecule has 0 spiro atoms. The van der Waals surface area contributed by atoms with Crippen molar-refractivity contribution in [2.75, 3.05) is 5.32 Å². The van der Waals surface area contributed by atoms with E-state index in [2.05, 4.69) is 17.4 Å². The van der Waals surface area contributed by atoms with Gasteiger partial charge >= 0.3 is 0 Å². The summed E-state index contributed by atoms with van der Waals surface area (Å²) in [4.78, 5) is 17.5. The smallest absolute Gasteiger partial charge is 0.249 e. The van der Waals surface area contributed by atoms with Crippen molar-refractivity contribution in [3.05, 3.63) is 77.9 Å². The van der Waals surface area contributed by atoms with Gasteiger partial charge in [-0.25, -0.2) is 0 Å². The monoisotopic (exact) mass is 314 g/mol. The Bertz CT molecular complexity index is 944. The molecule has 1 amide bonds. The van der Waals surface area contributed by atoms with Crippen LogP contribution < -0.4 is 5.32 Å². The lowest BCUT2D eigenvalue weighted by Gasteiger charge is -2.12. The summed E-state index contributed by atoms with van der Waals surface area (Å²) in [5.41, 5.74) is 3.88. The molecule has 0 aromatic heterocycles. The summed E-state index contributed by atoms with van der Waals surface area (Å²) in [6.07, 6.45) is 0.607. The predicted molar refractivity (Wildman–Crippen MR) is 98.7 cm³/mol. The van der Waals surface area contributed by atoms with E-state index < -0.39 is 6.04 Å². The Morgan fingerprint density at radius 3 is 2.54 bits per heavy atom. The van der Waals surface area contributed by atoms with Crippen molar-refractivity contribution >= 4 is 28.1 Å². The Labute approximate surface area is 141 Å². The van der Waals surface area contributed by atoms with Crippen molar-refractivity contribution in [1.29, 1.82) is 0 Å². The van der Waals surface area contributed by atoms with Crippen LogP contribution >= 0.6 is 0 Å². The molecule has 4 rings (SSSR count). The number of nitrogens with one attached hydrogen (secondary N) is 1. The fourth-order valence-corrected chi connectivity index (χ4v) is 3.25. The number of aliphatic imine (C=N–C) groups is 1. The highest BCUT2D eigenvalue weighted by atomic mass is 16.2. The molecule has 3 aromatic rings. The van der Waals surface area contributed by atoms with Crippen LogP contribution in [0.15, 0.2) is 71.7 Å². The lowest BCUT2D eigenvalue weighted by molar-refractivity contribution is -0.117.